The second kappa shape index (κ2) is 6.58. The Labute approximate surface area is 124 Å². The van der Waals surface area contributed by atoms with E-state index in [4.69, 9.17) is 14.4 Å². The first-order chi connectivity index (χ1) is 9.97. The third-order valence-corrected chi connectivity index (χ3v) is 4.50. The van der Waals surface area contributed by atoms with Crippen LogP contribution in [-0.2, 0) is 22.4 Å². The predicted molar refractivity (Wildman–Crippen MR) is 76.7 cm³/mol. The average molecular weight is 296 g/mol. The summed E-state index contributed by atoms with van der Waals surface area (Å²) in [5.74, 6) is 1.10. The molecule has 0 aromatic carbocycles. The van der Waals surface area contributed by atoms with E-state index in [0.717, 1.165) is 24.3 Å². The number of hydrogen-bond donors (Lipinski definition) is 2. The molecule has 21 heavy (non-hydrogen) atoms. The van der Waals surface area contributed by atoms with Gasteiger partial charge in [-0.15, -0.1) is 0 Å². The minimum Gasteiger partial charge on any atom is -0.396 e. The zero-order chi connectivity index (χ0) is 15.5. The SMILES string of the molecule is COCC(=O)N[C@H]1C[C@@H](Cc2cc(CCO)on2)C1(C)C. The van der Waals surface area contributed by atoms with Gasteiger partial charge in [-0.25, -0.2) is 0 Å². The maximum Gasteiger partial charge on any atom is 0.246 e. The van der Waals surface area contributed by atoms with Gasteiger partial charge in [0.25, 0.3) is 0 Å². The van der Waals surface area contributed by atoms with Gasteiger partial charge in [-0.05, 0) is 24.2 Å². The van der Waals surface area contributed by atoms with Gasteiger partial charge in [0.1, 0.15) is 12.4 Å². The van der Waals surface area contributed by atoms with E-state index in [1.54, 1.807) is 0 Å². The largest absolute Gasteiger partial charge is 0.396 e. The zero-order valence-electron chi connectivity index (χ0n) is 12.9. The van der Waals surface area contributed by atoms with Crippen molar-refractivity contribution < 1.29 is 19.2 Å². The van der Waals surface area contributed by atoms with E-state index in [2.05, 4.69) is 24.3 Å². The van der Waals surface area contributed by atoms with Crippen LogP contribution in [0.5, 0.6) is 0 Å². The quantitative estimate of drug-likeness (QED) is 0.782. The summed E-state index contributed by atoms with van der Waals surface area (Å²) in [5.41, 5.74) is 0.942. The number of carbonyl (C=O) groups is 1. The standard InChI is InChI=1S/C15H24N2O4/c1-15(2)10(7-13(15)16-14(19)9-20-3)6-11-8-12(4-5-18)21-17-11/h8,10,13,18H,4-7,9H2,1-3H3,(H,16,19)/t10-,13+/m1/s1. The second-order valence-corrected chi connectivity index (χ2v) is 6.27. The molecule has 0 aliphatic heterocycles. The summed E-state index contributed by atoms with van der Waals surface area (Å²) in [7, 11) is 1.52. The van der Waals surface area contributed by atoms with Crippen LogP contribution in [0.25, 0.3) is 0 Å². The molecule has 6 nitrogen and oxygen atoms in total. The van der Waals surface area contributed by atoms with Crippen molar-refractivity contribution >= 4 is 5.91 Å². The van der Waals surface area contributed by atoms with Gasteiger partial charge in [0.15, 0.2) is 0 Å². The third kappa shape index (κ3) is 3.63. The zero-order valence-corrected chi connectivity index (χ0v) is 12.9. The van der Waals surface area contributed by atoms with Crippen LogP contribution in [0, 0.1) is 11.3 Å². The van der Waals surface area contributed by atoms with Crippen molar-refractivity contribution in [2.45, 2.75) is 39.2 Å². The summed E-state index contributed by atoms with van der Waals surface area (Å²) in [4.78, 5) is 11.6. The van der Waals surface area contributed by atoms with Gasteiger partial charge >= 0.3 is 0 Å². The van der Waals surface area contributed by atoms with Crippen LogP contribution in [0.4, 0.5) is 0 Å². The Morgan fingerprint density at radius 2 is 2.38 bits per heavy atom. The lowest BCUT2D eigenvalue weighted by Crippen LogP contribution is -2.59. The molecule has 1 aromatic rings. The number of nitrogens with zero attached hydrogens (tertiary/aromatic N) is 1. The first-order valence-corrected chi connectivity index (χ1v) is 7.31. The summed E-state index contributed by atoms with van der Waals surface area (Å²) in [6.45, 7) is 4.49. The minimum atomic E-state index is -0.0688. The summed E-state index contributed by atoms with van der Waals surface area (Å²) >= 11 is 0. The van der Waals surface area contributed by atoms with Crippen LogP contribution >= 0.6 is 0 Å². The minimum absolute atomic E-state index is 0.0273. The summed E-state index contributed by atoms with van der Waals surface area (Å²) in [6.07, 6.45) is 2.26. The molecule has 2 rings (SSSR count). The number of aliphatic hydroxyl groups excluding tert-OH is 1. The molecular formula is C15H24N2O4. The number of aliphatic hydroxyl groups is 1. The maximum atomic E-state index is 11.6. The summed E-state index contributed by atoms with van der Waals surface area (Å²) in [5, 5.41) is 15.9. The Bertz CT molecular complexity index is 484. The van der Waals surface area contributed by atoms with E-state index in [-0.39, 0.29) is 30.6 Å². The van der Waals surface area contributed by atoms with Gasteiger partial charge in [0.2, 0.25) is 5.91 Å². The molecule has 1 amide bonds. The Morgan fingerprint density at radius 3 is 3.00 bits per heavy atom. The Balaban J connectivity index is 1.87. The molecule has 2 N–H and O–H groups in total. The lowest BCUT2D eigenvalue weighted by Gasteiger charge is -2.52. The predicted octanol–water partition coefficient (Wildman–Crippen LogP) is 0.929. The molecule has 2 atom stereocenters. The molecule has 0 spiro atoms. The fourth-order valence-corrected chi connectivity index (χ4v) is 2.91. The molecule has 1 fully saturated rings. The van der Waals surface area contributed by atoms with Crippen LogP contribution in [-0.4, -0.2) is 42.5 Å². The normalized spacial score (nSPS) is 23.6. The number of amides is 1. The first kappa shape index (κ1) is 16.0. The average Bonchev–Trinajstić information content (AvgIpc) is 2.86. The van der Waals surface area contributed by atoms with E-state index in [1.807, 2.05) is 6.07 Å². The van der Waals surface area contributed by atoms with Gasteiger partial charge in [-0.1, -0.05) is 19.0 Å². The van der Waals surface area contributed by atoms with Crippen LogP contribution in [0.2, 0.25) is 0 Å². The summed E-state index contributed by atoms with van der Waals surface area (Å²) < 4.78 is 10.0. The summed E-state index contributed by atoms with van der Waals surface area (Å²) in [6, 6.07) is 2.08. The molecule has 0 unspecified atom stereocenters. The van der Waals surface area contributed by atoms with Crippen molar-refractivity contribution in [3.05, 3.63) is 17.5 Å². The van der Waals surface area contributed by atoms with Gasteiger partial charge in [0.05, 0.1) is 12.3 Å². The van der Waals surface area contributed by atoms with Gasteiger partial charge in [-0.2, -0.15) is 0 Å². The molecule has 1 aliphatic carbocycles. The van der Waals surface area contributed by atoms with E-state index >= 15 is 0 Å². The molecule has 1 saturated carbocycles. The maximum absolute atomic E-state index is 11.6. The number of carbonyl (C=O) groups excluding carboxylic acids is 1. The van der Waals surface area contributed by atoms with Crippen LogP contribution in [0.15, 0.2) is 10.6 Å². The van der Waals surface area contributed by atoms with Crippen molar-refractivity contribution in [1.29, 1.82) is 0 Å². The highest BCUT2D eigenvalue weighted by Gasteiger charge is 2.48. The molecule has 0 saturated heterocycles. The van der Waals surface area contributed by atoms with Gasteiger partial charge in [0, 0.05) is 25.6 Å². The van der Waals surface area contributed by atoms with Gasteiger partial charge in [-0.3, -0.25) is 4.79 Å². The Morgan fingerprint density at radius 1 is 1.62 bits per heavy atom. The van der Waals surface area contributed by atoms with Crippen molar-refractivity contribution in [3.8, 4) is 0 Å². The van der Waals surface area contributed by atoms with Crippen molar-refractivity contribution in [1.82, 2.24) is 10.5 Å². The van der Waals surface area contributed by atoms with E-state index in [0.29, 0.717) is 12.3 Å². The van der Waals surface area contributed by atoms with E-state index in [9.17, 15) is 4.79 Å². The molecule has 1 aromatic heterocycles. The van der Waals surface area contributed by atoms with Crippen LogP contribution in [0.1, 0.15) is 31.7 Å². The second-order valence-electron chi connectivity index (χ2n) is 6.27. The smallest absolute Gasteiger partial charge is 0.246 e. The molecule has 1 heterocycles. The Kier molecular flexibility index (Phi) is 5.00. The first-order valence-electron chi connectivity index (χ1n) is 7.31. The fourth-order valence-electron chi connectivity index (χ4n) is 2.91. The topological polar surface area (TPSA) is 84.6 Å². The number of rotatable bonds is 7. The number of ether oxygens (including phenoxy) is 1. The highest BCUT2D eigenvalue weighted by atomic mass is 16.5. The third-order valence-electron chi connectivity index (χ3n) is 4.50. The highest BCUT2D eigenvalue weighted by molar-refractivity contribution is 5.77. The molecule has 1 aliphatic rings. The fraction of sp³-hybridized carbons (Fsp3) is 0.733. The van der Waals surface area contributed by atoms with E-state index < -0.39 is 0 Å². The van der Waals surface area contributed by atoms with Gasteiger partial charge < -0.3 is 19.7 Å². The number of aromatic nitrogens is 1. The molecule has 118 valence electrons. The van der Waals surface area contributed by atoms with Crippen molar-refractivity contribution in [2.24, 2.45) is 11.3 Å². The molecule has 6 heteroatoms. The lowest BCUT2D eigenvalue weighted by molar-refractivity contribution is -0.129. The van der Waals surface area contributed by atoms with Crippen molar-refractivity contribution in [3.63, 3.8) is 0 Å². The Hall–Kier alpha value is -1.40. The number of nitrogens with one attached hydrogen (secondary N) is 1. The monoisotopic (exact) mass is 296 g/mol. The van der Waals surface area contributed by atoms with Crippen LogP contribution < -0.4 is 5.32 Å². The molecule has 0 bridgehead atoms. The lowest BCUT2D eigenvalue weighted by atomic mass is 9.57. The van der Waals surface area contributed by atoms with E-state index in [1.165, 1.54) is 7.11 Å². The molecular weight excluding hydrogens is 272 g/mol. The highest BCUT2D eigenvalue weighted by Crippen LogP contribution is 2.47. The van der Waals surface area contributed by atoms with Crippen molar-refractivity contribution in [2.75, 3.05) is 20.3 Å². The van der Waals surface area contributed by atoms with Crippen LogP contribution in [0.3, 0.4) is 0 Å². The molecule has 0 radical (unpaired) electrons. The number of methoxy groups -OCH3 is 1. The number of hydrogen-bond acceptors (Lipinski definition) is 5.